The van der Waals surface area contributed by atoms with Gasteiger partial charge in [-0.1, -0.05) is 6.92 Å². The van der Waals surface area contributed by atoms with Crippen LogP contribution in [0.1, 0.15) is 42.6 Å². The number of nitrogens with zero attached hydrogens (tertiary/aromatic N) is 6. The summed E-state index contributed by atoms with van der Waals surface area (Å²) in [5, 5.41) is 20.5. The van der Waals surface area contributed by atoms with E-state index in [4.69, 9.17) is 15.1 Å². The Morgan fingerprint density at radius 1 is 1.24 bits per heavy atom. The Hall–Kier alpha value is -3.35. The van der Waals surface area contributed by atoms with Crippen molar-refractivity contribution in [3.63, 3.8) is 0 Å². The van der Waals surface area contributed by atoms with Crippen molar-refractivity contribution in [2.45, 2.75) is 32.1 Å². The van der Waals surface area contributed by atoms with E-state index in [0.717, 1.165) is 60.3 Å². The molecule has 0 atom stereocenters. The third kappa shape index (κ3) is 3.96. The maximum absolute atomic E-state index is 13.6. The Morgan fingerprint density at radius 3 is 2.82 bits per heavy atom. The lowest BCUT2D eigenvalue weighted by Crippen LogP contribution is -2.27. The van der Waals surface area contributed by atoms with E-state index in [1.165, 1.54) is 23.5 Å². The van der Waals surface area contributed by atoms with Crippen molar-refractivity contribution in [1.82, 2.24) is 24.9 Å². The predicted molar refractivity (Wildman–Crippen MR) is 127 cm³/mol. The van der Waals surface area contributed by atoms with E-state index in [0.29, 0.717) is 17.2 Å². The summed E-state index contributed by atoms with van der Waals surface area (Å²) >= 11 is 1.47. The number of halogens is 1. The summed E-state index contributed by atoms with van der Waals surface area (Å²) in [5.74, 6) is 0.899. The van der Waals surface area contributed by atoms with Gasteiger partial charge in [-0.3, -0.25) is 0 Å². The minimum atomic E-state index is -0.434. The van der Waals surface area contributed by atoms with Crippen LogP contribution in [0.5, 0.6) is 0 Å². The van der Waals surface area contributed by atoms with Crippen LogP contribution in [-0.4, -0.2) is 39.7 Å². The van der Waals surface area contributed by atoms with E-state index >= 15 is 0 Å². The molecule has 4 aromatic rings. The molecule has 168 valence electrons. The van der Waals surface area contributed by atoms with Gasteiger partial charge in [0.1, 0.15) is 5.82 Å². The van der Waals surface area contributed by atoms with Crippen molar-refractivity contribution in [3.05, 3.63) is 58.5 Å². The van der Waals surface area contributed by atoms with Crippen molar-refractivity contribution in [1.29, 1.82) is 5.26 Å². The smallest absolute Gasteiger partial charge is 0.191 e. The number of nitrogens with one attached hydrogen (secondary N) is 1. The average Bonchev–Trinajstić information content (AvgIpc) is 3.48. The number of rotatable bonds is 5. The van der Waals surface area contributed by atoms with Crippen molar-refractivity contribution >= 4 is 27.9 Å². The van der Waals surface area contributed by atoms with Crippen LogP contribution in [0.25, 0.3) is 16.9 Å². The lowest BCUT2D eigenvalue weighted by Gasteiger charge is -2.22. The number of imidazole rings is 1. The summed E-state index contributed by atoms with van der Waals surface area (Å²) in [7, 11) is 1.96. The highest BCUT2D eigenvalue weighted by atomic mass is 32.1. The summed E-state index contributed by atoms with van der Waals surface area (Å²) < 4.78 is 15.5. The van der Waals surface area contributed by atoms with Crippen LogP contribution < -0.4 is 10.2 Å². The molecular weight excluding hydrogens is 437 g/mol. The molecule has 33 heavy (non-hydrogen) atoms. The number of nitriles is 1. The minimum absolute atomic E-state index is 0.270. The Labute approximate surface area is 195 Å². The van der Waals surface area contributed by atoms with E-state index in [1.807, 2.05) is 27.9 Å². The molecule has 1 N–H and O–H groups in total. The molecule has 1 aliphatic rings. The SMILES string of the molecule is CCc1nc2ccc(C3CCNCC3)nn2c1N(C)c1nc(-c2ccc(F)cc2C#N)cs1. The lowest BCUT2D eigenvalue weighted by atomic mass is 9.94. The molecular formula is C24H24FN7S. The van der Waals surface area contributed by atoms with Crippen LogP contribution in [0.4, 0.5) is 15.3 Å². The number of piperidine rings is 1. The second-order valence-corrected chi connectivity index (χ2v) is 9.00. The van der Waals surface area contributed by atoms with Gasteiger partial charge >= 0.3 is 0 Å². The molecule has 0 saturated carbocycles. The number of aromatic nitrogens is 4. The zero-order chi connectivity index (χ0) is 22.9. The third-order valence-electron chi connectivity index (χ3n) is 6.11. The van der Waals surface area contributed by atoms with Gasteiger partial charge in [-0.05, 0) is 62.7 Å². The fourth-order valence-corrected chi connectivity index (χ4v) is 5.15. The number of fused-ring (bicyclic) bond motifs is 1. The van der Waals surface area contributed by atoms with Crippen LogP contribution in [0.2, 0.25) is 0 Å². The Bertz CT molecular complexity index is 1350. The van der Waals surface area contributed by atoms with Gasteiger partial charge < -0.3 is 10.2 Å². The van der Waals surface area contributed by atoms with E-state index in [1.54, 1.807) is 6.07 Å². The number of thiazole rings is 1. The highest BCUT2D eigenvalue weighted by Gasteiger charge is 2.23. The second kappa shape index (κ2) is 8.89. The summed E-state index contributed by atoms with van der Waals surface area (Å²) in [5.41, 5.74) is 4.39. The van der Waals surface area contributed by atoms with Crippen LogP contribution >= 0.6 is 11.3 Å². The molecule has 4 heterocycles. The minimum Gasteiger partial charge on any atom is -0.317 e. The lowest BCUT2D eigenvalue weighted by molar-refractivity contribution is 0.449. The van der Waals surface area contributed by atoms with Crippen molar-refractivity contribution < 1.29 is 4.39 Å². The quantitative estimate of drug-likeness (QED) is 0.465. The van der Waals surface area contributed by atoms with Crippen molar-refractivity contribution in [3.8, 4) is 17.3 Å². The zero-order valence-corrected chi connectivity index (χ0v) is 19.4. The predicted octanol–water partition coefficient (Wildman–Crippen LogP) is 4.66. The van der Waals surface area contributed by atoms with Gasteiger partial charge in [-0.15, -0.1) is 11.3 Å². The maximum atomic E-state index is 13.6. The Balaban J connectivity index is 1.54. The average molecular weight is 462 g/mol. The normalized spacial score (nSPS) is 14.5. The molecule has 1 saturated heterocycles. The highest BCUT2D eigenvalue weighted by Crippen LogP contribution is 2.35. The molecule has 0 radical (unpaired) electrons. The molecule has 1 aliphatic heterocycles. The first kappa shape index (κ1) is 21.5. The third-order valence-corrected chi connectivity index (χ3v) is 7.03. The molecule has 5 rings (SSSR count). The molecule has 0 unspecified atom stereocenters. The van der Waals surface area contributed by atoms with Crippen LogP contribution in [0, 0.1) is 17.1 Å². The Kier molecular flexibility index (Phi) is 5.79. The van der Waals surface area contributed by atoms with Gasteiger partial charge in [0.05, 0.1) is 28.7 Å². The van der Waals surface area contributed by atoms with Gasteiger partial charge in [-0.25, -0.2) is 14.4 Å². The molecule has 0 bridgehead atoms. The van der Waals surface area contributed by atoms with E-state index in [2.05, 4.69) is 24.4 Å². The van der Waals surface area contributed by atoms with Gasteiger partial charge in [0, 0.05) is 23.9 Å². The number of hydrogen-bond donors (Lipinski definition) is 1. The molecule has 3 aromatic heterocycles. The molecule has 1 fully saturated rings. The molecule has 9 heteroatoms. The summed E-state index contributed by atoms with van der Waals surface area (Å²) in [6, 6.07) is 10.4. The first-order valence-electron chi connectivity index (χ1n) is 11.1. The van der Waals surface area contributed by atoms with Crippen LogP contribution in [0.3, 0.4) is 0 Å². The molecule has 0 spiro atoms. The molecule has 7 nitrogen and oxygen atoms in total. The van der Waals surface area contributed by atoms with Crippen LogP contribution in [0.15, 0.2) is 35.7 Å². The first-order chi connectivity index (χ1) is 16.1. The number of hydrogen-bond acceptors (Lipinski definition) is 7. The summed E-state index contributed by atoms with van der Waals surface area (Å²) in [4.78, 5) is 11.6. The number of anilines is 2. The fraction of sp³-hybridized carbons (Fsp3) is 0.333. The highest BCUT2D eigenvalue weighted by molar-refractivity contribution is 7.14. The first-order valence-corrected chi connectivity index (χ1v) is 12.0. The molecule has 0 aliphatic carbocycles. The fourth-order valence-electron chi connectivity index (χ4n) is 4.35. The zero-order valence-electron chi connectivity index (χ0n) is 18.5. The molecule has 1 aromatic carbocycles. The topological polar surface area (TPSA) is 82.1 Å². The van der Waals surface area contributed by atoms with Crippen molar-refractivity contribution in [2.75, 3.05) is 25.0 Å². The summed E-state index contributed by atoms with van der Waals surface area (Å²) in [6.07, 6.45) is 2.92. The molecule has 0 amide bonds. The van der Waals surface area contributed by atoms with E-state index < -0.39 is 5.82 Å². The Morgan fingerprint density at radius 2 is 2.06 bits per heavy atom. The van der Waals surface area contributed by atoms with E-state index in [9.17, 15) is 9.65 Å². The number of aryl methyl sites for hydroxylation is 1. The largest absolute Gasteiger partial charge is 0.317 e. The monoisotopic (exact) mass is 461 g/mol. The van der Waals surface area contributed by atoms with Crippen LogP contribution in [-0.2, 0) is 6.42 Å². The van der Waals surface area contributed by atoms with Gasteiger partial charge in [0.15, 0.2) is 16.6 Å². The second-order valence-electron chi connectivity index (χ2n) is 8.16. The van der Waals surface area contributed by atoms with E-state index in [-0.39, 0.29) is 5.56 Å². The van der Waals surface area contributed by atoms with Crippen molar-refractivity contribution in [2.24, 2.45) is 0 Å². The standard InChI is InChI=1S/C24H24FN7S/c1-3-19-23(32-22(28-19)7-6-20(30-32)15-8-10-27-11-9-15)31(2)24-29-21(14-33-24)18-5-4-17(25)12-16(18)13-26/h4-7,12,14-15,27H,3,8-11H2,1-2H3. The number of benzene rings is 1. The maximum Gasteiger partial charge on any atom is 0.191 e. The van der Waals surface area contributed by atoms with Gasteiger partial charge in [0.2, 0.25) is 0 Å². The van der Waals surface area contributed by atoms with Gasteiger partial charge in [-0.2, -0.15) is 14.9 Å². The summed E-state index contributed by atoms with van der Waals surface area (Å²) in [6.45, 7) is 4.10. The van der Waals surface area contributed by atoms with Gasteiger partial charge in [0.25, 0.3) is 0 Å².